The average molecular weight is 457 g/mol. The summed E-state index contributed by atoms with van der Waals surface area (Å²) < 4.78 is 6.27. The topological polar surface area (TPSA) is 79.3 Å². The minimum Gasteiger partial charge on any atom is -0.490 e. The van der Waals surface area contributed by atoms with E-state index in [1.54, 1.807) is 6.33 Å². The molecule has 0 radical (unpaired) electrons. The summed E-state index contributed by atoms with van der Waals surface area (Å²) in [5.74, 6) is 7.90. The van der Waals surface area contributed by atoms with Crippen molar-refractivity contribution in [1.29, 1.82) is 0 Å². The fourth-order valence-corrected chi connectivity index (χ4v) is 4.78. The van der Waals surface area contributed by atoms with Gasteiger partial charge < -0.3 is 20.5 Å². The molecule has 2 heterocycles. The number of nitrogens with one attached hydrogen (secondary N) is 2. The van der Waals surface area contributed by atoms with Crippen LogP contribution in [-0.2, 0) is 0 Å². The summed E-state index contributed by atoms with van der Waals surface area (Å²) in [7, 11) is 0. The number of aliphatic hydroxyl groups is 1. The predicted molar refractivity (Wildman–Crippen MR) is 135 cm³/mol. The van der Waals surface area contributed by atoms with Crippen LogP contribution in [0.4, 0.5) is 11.5 Å². The lowest BCUT2D eigenvalue weighted by Crippen LogP contribution is -2.44. The molecule has 1 saturated carbocycles. The molecule has 3 aromatic rings. The van der Waals surface area contributed by atoms with Crippen molar-refractivity contribution >= 4 is 22.4 Å². The monoisotopic (exact) mass is 456 g/mol. The number of benzene rings is 2. The Bertz CT molecular complexity index is 1220. The largest absolute Gasteiger partial charge is 0.490 e. The van der Waals surface area contributed by atoms with Gasteiger partial charge in [-0.1, -0.05) is 18.3 Å². The van der Waals surface area contributed by atoms with Gasteiger partial charge in [0.15, 0.2) is 0 Å². The van der Waals surface area contributed by atoms with Gasteiger partial charge in [-0.3, -0.25) is 0 Å². The molecule has 1 unspecified atom stereocenters. The number of piperidine rings is 1. The highest BCUT2D eigenvalue weighted by Crippen LogP contribution is 2.30. The highest BCUT2D eigenvalue weighted by Gasteiger charge is 2.26. The third-order valence-electron chi connectivity index (χ3n) is 6.72. The lowest BCUT2D eigenvalue weighted by molar-refractivity contribution is 0.0736. The Morgan fingerprint density at radius 3 is 2.76 bits per heavy atom. The molecular formula is C28H32N4O2. The molecule has 0 bridgehead atoms. The molecule has 1 saturated heterocycles. The molecule has 1 aromatic heterocycles. The Labute approximate surface area is 201 Å². The van der Waals surface area contributed by atoms with E-state index in [1.807, 2.05) is 30.3 Å². The van der Waals surface area contributed by atoms with Crippen LogP contribution in [0.25, 0.3) is 10.9 Å². The van der Waals surface area contributed by atoms with E-state index in [2.05, 4.69) is 45.4 Å². The maximum absolute atomic E-state index is 10.7. The van der Waals surface area contributed by atoms with Crippen LogP contribution in [0.3, 0.4) is 0 Å². The molecule has 0 spiro atoms. The van der Waals surface area contributed by atoms with Gasteiger partial charge in [0.25, 0.3) is 0 Å². The summed E-state index contributed by atoms with van der Waals surface area (Å²) >= 11 is 0. The Kier molecular flexibility index (Phi) is 6.66. The van der Waals surface area contributed by atoms with Crippen molar-refractivity contribution in [3.8, 4) is 17.6 Å². The quantitative estimate of drug-likeness (QED) is 0.487. The van der Waals surface area contributed by atoms with E-state index in [4.69, 9.17) is 4.74 Å². The molecule has 2 fully saturated rings. The number of fused-ring (bicyclic) bond motifs is 1. The Balaban J connectivity index is 1.36. The Morgan fingerprint density at radius 2 is 1.97 bits per heavy atom. The molecular weight excluding hydrogens is 424 g/mol. The van der Waals surface area contributed by atoms with E-state index < -0.39 is 5.60 Å². The number of nitrogens with zero attached hydrogens (tertiary/aromatic N) is 2. The zero-order valence-electron chi connectivity index (χ0n) is 19.7. The van der Waals surface area contributed by atoms with Crippen LogP contribution in [0.1, 0.15) is 56.1 Å². The van der Waals surface area contributed by atoms with Crippen molar-refractivity contribution in [2.24, 2.45) is 0 Å². The number of β-amino-alcohol motifs (C(OH)–C–C–N with tert-alkyl or cyclic N) is 1. The third-order valence-corrected chi connectivity index (χ3v) is 6.72. The normalized spacial score (nSPS) is 21.0. The first kappa shape index (κ1) is 22.6. The fraction of sp³-hybridized carbons (Fsp3) is 0.429. The van der Waals surface area contributed by atoms with Gasteiger partial charge in [0, 0.05) is 23.2 Å². The summed E-state index contributed by atoms with van der Waals surface area (Å²) in [4.78, 5) is 8.90. The maximum Gasteiger partial charge on any atom is 0.141 e. The third kappa shape index (κ3) is 5.32. The van der Waals surface area contributed by atoms with Crippen molar-refractivity contribution < 1.29 is 9.84 Å². The van der Waals surface area contributed by atoms with Crippen LogP contribution >= 0.6 is 0 Å². The molecule has 6 nitrogen and oxygen atoms in total. The summed E-state index contributed by atoms with van der Waals surface area (Å²) in [6.07, 6.45) is 9.64. The van der Waals surface area contributed by atoms with E-state index in [0.29, 0.717) is 19.1 Å². The molecule has 3 N–H and O–H groups in total. The molecule has 2 aliphatic rings. The summed E-state index contributed by atoms with van der Waals surface area (Å²) in [5.41, 5.74) is 2.76. The number of rotatable bonds is 4. The first-order valence-electron chi connectivity index (χ1n) is 12.3. The first-order valence-corrected chi connectivity index (χ1v) is 12.3. The second-order valence-electron chi connectivity index (χ2n) is 9.50. The van der Waals surface area contributed by atoms with Crippen LogP contribution in [0.15, 0.2) is 42.7 Å². The van der Waals surface area contributed by atoms with Gasteiger partial charge >= 0.3 is 0 Å². The van der Waals surface area contributed by atoms with Crippen molar-refractivity contribution in [2.45, 2.75) is 63.6 Å². The Morgan fingerprint density at radius 1 is 1.09 bits per heavy atom. The van der Waals surface area contributed by atoms with Gasteiger partial charge in [0.05, 0.1) is 11.6 Å². The minimum absolute atomic E-state index is 0.332. The summed E-state index contributed by atoms with van der Waals surface area (Å²) in [6.45, 7) is 3.52. The number of ether oxygens (including phenoxy) is 1. The van der Waals surface area contributed by atoms with Gasteiger partial charge in [0.1, 0.15) is 23.5 Å². The molecule has 176 valence electrons. The molecule has 0 amide bonds. The van der Waals surface area contributed by atoms with Gasteiger partial charge in [-0.15, -0.1) is 0 Å². The lowest BCUT2D eigenvalue weighted by Gasteiger charge is -2.27. The highest BCUT2D eigenvalue weighted by atomic mass is 16.5. The first-order chi connectivity index (χ1) is 16.6. The smallest absolute Gasteiger partial charge is 0.141 e. The summed E-state index contributed by atoms with van der Waals surface area (Å²) in [6, 6.07) is 12.0. The number of hydrogen-bond acceptors (Lipinski definition) is 6. The van der Waals surface area contributed by atoms with Crippen LogP contribution in [0.2, 0.25) is 0 Å². The fourth-order valence-electron chi connectivity index (χ4n) is 4.78. The standard InChI is InChI=1S/C28H32N4O2/c1-20-16-22(9-11-26(20)34-23-6-3-2-4-7-23)32-27-24-17-21(8-10-25(24)30-19-31-27)12-14-28(33)13-5-15-29-18-28/h8-11,16-17,19,23,29,33H,2-7,13,15,18H2,1H3,(H,30,31,32). The summed E-state index contributed by atoms with van der Waals surface area (Å²) in [5, 5.41) is 18.2. The Hall–Kier alpha value is -3.14. The molecule has 34 heavy (non-hydrogen) atoms. The molecule has 1 atom stereocenters. The van der Waals surface area contributed by atoms with Gasteiger partial charge in [0.2, 0.25) is 0 Å². The van der Waals surface area contributed by atoms with E-state index in [1.165, 1.54) is 19.3 Å². The second kappa shape index (κ2) is 10.0. The van der Waals surface area contributed by atoms with Crippen LogP contribution in [-0.4, -0.2) is 39.9 Å². The van der Waals surface area contributed by atoms with Gasteiger partial charge in [-0.2, -0.15) is 0 Å². The number of anilines is 2. The molecule has 6 heteroatoms. The van der Waals surface area contributed by atoms with E-state index in [0.717, 1.165) is 65.1 Å². The van der Waals surface area contributed by atoms with Crippen LogP contribution in [0, 0.1) is 18.8 Å². The minimum atomic E-state index is -0.972. The van der Waals surface area contributed by atoms with E-state index in [-0.39, 0.29) is 0 Å². The van der Waals surface area contributed by atoms with E-state index >= 15 is 0 Å². The molecule has 5 rings (SSSR count). The van der Waals surface area contributed by atoms with Crippen molar-refractivity contribution in [1.82, 2.24) is 15.3 Å². The molecule has 1 aliphatic heterocycles. The average Bonchev–Trinajstić information content (AvgIpc) is 2.86. The van der Waals surface area contributed by atoms with Crippen molar-refractivity contribution in [3.63, 3.8) is 0 Å². The van der Waals surface area contributed by atoms with Crippen LogP contribution in [0.5, 0.6) is 5.75 Å². The number of hydrogen-bond donors (Lipinski definition) is 3. The van der Waals surface area contributed by atoms with Crippen molar-refractivity contribution in [3.05, 3.63) is 53.9 Å². The maximum atomic E-state index is 10.7. The molecule has 2 aromatic carbocycles. The second-order valence-corrected chi connectivity index (χ2v) is 9.50. The van der Waals surface area contributed by atoms with Gasteiger partial charge in [-0.25, -0.2) is 9.97 Å². The van der Waals surface area contributed by atoms with E-state index in [9.17, 15) is 5.11 Å². The zero-order valence-corrected chi connectivity index (χ0v) is 19.7. The lowest BCUT2D eigenvalue weighted by atomic mass is 9.94. The van der Waals surface area contributed by atoms with Gasteiger partial charge in [-0.05, 0) is 94.0 Å². The number of aryl methyl sites for hydroxylation is 1. The predicted octanol–water partition coefficient (Wildman–Crippen LogP) is 4.86. The zero-order chi connectivity index (χ0) is 23.4. The number of aromatic nitrogens is 2. The SMILES string of the molecule is Cc1cc(Nc2ncnc3ccc(C#CC4(O)CCCNC4)cc23)ccc1OC1CCCCC1. The van der Waals surface area contributed by atoms with Crippen molar-refractivity contribution in [2.75, 3.05) is 18.4 Å². The molecule has 1 aliphatic carbocycles. The highest BCUT2D eigenvalue weighted by molar-refractivity contribution is 5.91. The van der Waals surface area contributed by atoms with Crippen LogP contribution < -0.4 is 15.4 Å².